The van der Waals surface area contributed by atoms with Gasteiger partial charge in [0.15, 0.2) is 11.5 Å². The lowest BCUT2D eigenvalue weighted by Crippen LogP contribution is -2.05. The highest BCUT2D eigenvalue weighted by Crippen LogP contribution is 2.37. The van der Waals surface area contributed by atoms with E-state index in [2.05, 4.69) is 32.6 Å². The molecule has 22 heavy (non-hydrogen) atoms. The lowest BCUT2D eigenvalue weighted by atomic mass is 10.2. The molecule has 0 unspecified atom stereocenters. The van der Waals surface area contributed by atoms with Gasteiger partial charge in [0.1, 0.15) is 5.82 Å². The number of rotatable bonds is 3. The first kappa shape index (κ1) is 14.8. The van der Waals surface area contributed by atoms with E-state index in [1.54, 1.807) is 13.2 Å². The Balaban J connectivity index is 2.11. The second-order valence-corrected chi connectivity index (χ2v) is 5.85. The summed E-state index contributed by atoms with van der Waals surface area (Å²) in [6.45, 7) is 1.36. The van der Waals surface area contributed by atoms with Gasteiger partial charge in [0, 0.05) is 12.5 Å². The van der Waals surface area contributed by atoms with Gasteiger partial charge in [-0.25, -0.2) is 4.98 Å². The number of aromatic nitrogens is 2. The summed E-state index contributed by atoms with van der Waals surface area (Å²) < 4.78 is 11.3. The molecule has 0 aliphatic carbocycles. The van der Waals surface area contributed by atoms with Crippen molar-refractivity contribution in [3.05, 3.63) is 40.0 Å². The molecule has 1 N–H and O–H groups in total. The summed E-state index contributed by atoms with van der Waals surface area (Å²) in [6.07, 6.45) is 0. The van der Waals surface area contributed by atoms with Gasteiger partial charge in [0.05, 0.1) is 21.7 Å². The number of H-pyrrole nitrogens is 1. The molecular weight excluding hydrogens is 395 g/mol. The molecule has 0 spiro atoms. The summed E-state index contributed by atoms with van der Waals surface area (Å²) in [7, 11) is 1.54. The molecule has 2 aromatic carbocycles. The minimum absolute atomic E-state index is 0.382. The van der Waals surface area contributed by atoms with Gasteiger partial charge in [-0.05, 0) is 46.9 Å². The zero-order chi connectivity index (χ0) is 15.7. The number of nitrogens with zero attached hydrogens (tertiary/aromatic N) is 1. The molecular formula is C16H13IN2O3. The summed E-state index contributed by atoms with van der Waals surface area (Å²) in [5.74, 6) is 1.28. The quantitative estimate of drug-likeness (QED) is 0.407. The largest absolute Gasteiger partial charge is 0.493 e. The number of halogens is 1. The molecule has 0 atom stereocenters. The molecule has 3 aromatic rings. The summed E-state index contributed by atoms with van der Waals surface area (Å²) in [6, 6.07) is 11.5. The fourth-order valence-corrected chi connectivity index (χ4v) is 2.90. The van der Waals surface area contributed by atoms with E-state index in [9.17, 15) is 4.79 Å². The number of carbonyl (C=O) groups excluding carboxylic acids is 1. The number of carbonyl (C=O) groups is 1. The van der Waals surface area contributed by atoms with Gasteiger partial charge in [-0.3, -0.25) is 4.79 Å². The Bertz CT molecular complexity index is 825. The number of imidazole rings is 1. The van der Waals surface area contributed by atoms with Crippen LogP contribution in [0.4, 0.5) is 0 Å². The first-order chi connectivity index (χ1) is 10.6. The fraction of sp³-hybridized carbons (Fsp3) is 0.125. The van der Waals surface area contributed by atoms with Gasteiger partial charge in [0.25, 0.3) is 0 Å². The SMILES string of the molecule is COc1cc(-c2nc3ccccc3[nH]2)cc(I)c1OC(C)=O. The van der Waals surface area contributed by atoms with Crippen LogP contribution >= 0.6 is 22.6 Å². The van der Waals surface area contributed by atoms with E-state index in [-0.39, 0.29) is 5.97 Å². The van der Waals surface area contributed by atoms with Gasteiger partial charge in [-0.2, -0.15) is 0 Å². The van der Waals surface area contributed by atoms with Crippen molar-refractivity contribution < 1.29 is 14.3 Å². The van der Waals surface area contributed by atoms with E-state index in [4.69, 9.17) is 9.47 Å². The number of para-hydroxylation sites is 2. The van der Waals surface area contributed by atoms with Crippen LogP contribution in [-0.2, 0) is 4.79 Å². The van der Waals surface area contributed by atoms with E-state index in [1.165, 1.54) is 6.92 Å². The molecule has 1 aromatic heterocycles. The Morgan fingerprint density at radius 1 is 1.27 bits per heavy atom. The van der Waals surface area contributed by atoms with E-state index in [0.717, 1.165) is 26.0 Å². The molecule has 0 saturated carbocycles. The van der Waals surface area contributed by atoms with Crippen LogP contribution in [0.2, 0.25) is 0 Å². The summed E-state index contributed by atoms with van der Waals surface area (Å²) in [5, 5.41) is 0. The second-order valence-electron chi connectivity index (χ2n) is 4.69. The third-order valence-electron chi connectivity index (χ3n) is 3.14. The van der Waals surface area contributed by atoms with Crippen LogP contribution in [0.15, 0.2) is 36.4 Å². The minimum atomic E-state index is -0.382. The van der Waals surface area contributed by atoms with Gasteiger partial charge in [-0.1, -0.05) is 12.1 Å². The van der Waals surface area contributed by atoms with Crippen LogP contribution in [-0.4, -0.2) is 23.0 Å². The Morgan fingerprint density at radius 3 is 2.73 bits per heavy atom. The van der Waals surface area contributed by atoms with Crippen molar-refractivity contribution in [1.29, 1.82) is 0 Å². The molecule has 1 heterocycles. The number of hydrogen-bond donors (Lipinski definition) is 1. The minimum Gasteiger partial charge on any atom is -0.493 e. The molecule has 5 nitrogen and oxygen atoms in total. The number of ether oxygens (including phenoxy) is 2. The Kier molecular flexibility index (Phi) is 4.02. The van der Waals surface area contributed by atoms with Crippen LogP contribution in [0.3, 0.4) is 0 Å². The predicted molar refractivity (Wildman–Crippen MR) is 92.1 cm³/mol. The average molecular weight is 408 g/mol. The van der Waals surface area contributed by atoms with Gasteiger partial charge in [-0.15, -0.1) is 0 Å². The molecule has 0 amide bonds. The van der Waals surface area contributed by atoms with Crippen molar-refractivity contribution in [3.63, 3.8) is 0 Å². The van der Waals surface area contributed by atoms with Crippen molar-refractivity contribution in [2.45, 2.75) is 6.92 Å². The molecule has 0 bridgehead atoms. The first-order valence-corrected chi connectivity index (χ1v) is 7.67. The van der Waals surface area contributed by atoms with Crippen LogP contribution in [0.1, 0.15) is 6.92 Å². The monoisotopic (exact) mass is 408 g/mol. The predicted octanol–water partition coefficient (Wildman–Crippen LogP) is 3.77. The van der Waals surface area contributed by atoms with E-state index >= 15 is 0 Å². The number of hydrogen-bond acceptors (Lipinski definition) is 4. The Labute approximate surface area is 140 Å². The average Bonchev–Trinajstić information content (AvgIpc) is 2.92. The van der Waals surface area contributed by atoms with Gasteiger partial charge in [0.2, 0.25) is 0 Å². The number of nitrogens with one attached hydrogen (secondary N) is 1. The van der Waals surface area contributed by atoms with E-state index in [0.29, 0.717) is 11.5 Å². The molecule has 0 saturated heterocycles. The summed E-state index contributed by atoms with van der Waals surface area (Å²) in [5.41, 5.74) is 2.74. The third kappa shape index (κ3) is 2.78. The highest BCUT2D eigenvalue weighted by Gasteiger charge is 2.16. The van der Waals surface area contributed by atoms with Crippen LogP contribution in [0, 0.1) is 3.57 Å². The van der Waals surface area contributed by atoms with E-state index in [1.807, 2.05) is 30.3 Å². The van der Waals surface area contributed by atoms with E-state index < -0.39 is 0 Å². The summed E-state index contributed by atoms with van der Waals surface area (Å²) in [4.78, 5) is 19.0. The Hall–Kier alpha value is -2.09. The second kappa shape index (κ2) is 5.96. The number of methoxy groups -OCH3 is 1. The maximum absolute atomic E-state index is 11.2. The maximum Gasteiger partial charge on any atom is 0.308 e. The zero-order valence-electron chi connectivity index (χ0n) is 12.0. The summed E-state index contributed by atoms with van der Waals surface area (Å²) >= 11 is 2.11. The Morgan fingerprint density at radius 2 is 2.05 bits per heavy atom. The standard InChI is InChI=1S/C16H13IN2O3/c1-9(20)22-15-11(17)7-10(8-14(15)21-2)16-18-12-5-3-4-6-13(12)19-16/h3-8H,1-2H3,(H,18,19). The molecule has 0 aliphatic rings. The molecule has 0 aliphatic heterocycles. The number of fused-ring (bicyclic) bond motifs is 1. The smallest absolute Gasteiger partial charge is 0.308 e. The first-order valence-electron chi connectivity index (χ1n) is 6.59. The van der Waals surface area contributed by atoms with Crippen molar-refractivity contribution in [2.75, 3.05) is 7.11 Å². The topological polar surface area (TPSA) is 64.2 Å². The molecule has 0 fully saturated rings. The molecule has 112 valence electrons. The number of esters is 1. The lowest BCUT2D eigenvalue weighted by Gasteiger charge is -2.11. The van der Waals surface area contributed by atoms with Crippen LogP contribution in [0.5, 0.6) is 11.5 Å². The normalized spacial score (nSPS) is 10.7. The van der Waals surface area contributed by atoms with Crippen molar-refractivity contribution in [1.82, 2.24) is 9.97 Å². The molecule has 6 heteroatoms. The van der Waals surface area contributed by atoms with Gasteiger partial charge < -0.3 is 14.5 Å². The zero-order valence-corrected chi connectivity index (χ0v) is 14.2. The fourth-order valence-electron chi connectivity index (χ4n) is 2.19. The third-order valence-corrected chi connectivity index (χ3v) is 3.94. The number of benzene rings is 2. The molecule has 3 rings (SSSR count). The van der Waals surface area contributed by atoms with Crippen LogP contribution in [0.25, 0.3) is 22.4 Å². The van der Waals surface area contributed by atoms with Crippen LogP contribution < -0.4 is 9.47 Å². The van der Waals surface area contributed by atoms with Crippen molar-refractivity contribution >= 4 is 39.6 Å². The van der Waals surface area contributed by atoms with Crippen molar-refractivity contribution in [3.8, 4) is 22.9 Å². The highest BCUT2D eigenvalue weighted by atomic mass is 127. The van der Waals surface area contributed by atoms with Crippen molar-refractivity contribution in [2.24, 2.45) is 0 Å². The maximum atomic E-state index is 11.2. The van der Waals surface area contributed by atoms with Gasteiger partial charge >= 0.3 is 5.97 Å². The lowest BCUT2D eigenvalue weighted by molar-refractivity contribution is -0.132. The molecule has 0 radical (unpaired) electrons. The highest BCUT2D eigenvalue weighted by molar-refractivity contribution is 14.1. The number of aromatic amines is 1.